The Bertz CT molecular complexity index is 1330. The first-order valence-electron chi connectivity index (χ1n) is 12.9. The van der Waals surface area contributed by atoms with Gasteiger partial charge in [-0.05, 0) is 55.7 Å². The molecular formula is C26H34N6O3S. The van der Waals surface area contributed by atoms with Crippen molar-refractivity contribution >= 4 is 27.2 Å². The molecule has 2 amide bonds. The molecule has 2 aliphatic heterocycles. The lowest BCUT2D eigenvalue weighted by molar-refractivity contribution is -0.132. The Balaban J connectivity index is 1.15. The first-order valence-corrected chi connectivity index (χ1v) is 14.8. The normalized spacial score (nSPS) is 24.4. The molecule has 2 aliphatic carbocycles. The van der Waals surface area contributed by atoms with Crippen LogP contribution in [0.4, 0.5) is 5.69 Å². The average molecular weight is 511 g/mol. The van der Waals surface area contributed by atoms with E-state index in [1.54, 1.807) is 9.58 Å². The van der Waals surface area contributed by atoms with Gasteiger partial charge in [0.15, 0.2) is 5.69 Å². The average Bonchev–Trinajstić information content (AvgIpc) is 3.39. The van der Waals surface area contributed by atoms with E-state index < -0.39 is 9.73 Å². The first kappa shape index (κ1) is 23.5. The number of piperazine rings is 1. The molecule has 0 bridgehead atoms. The van der Waals surface area contributed by atoms with Crippen LogP contribution >= 0.6 is 0 Å². The topological polar surface area (TPSA) is 103 Å². The zero-order valence-electron chi connectivity index (χ0n) is 21.0. The Hall–Kier alpha value is -2.88. The summed E-state index contributed by atoms with van der Waals surface area (Å²) in [6.07, 6.45) is 1.97. The summed E-state index contributed by atoms with van der Waals surface area (Å²) < 4.78 is 21.6. The van der Waals surface area contributed by atoms with Crippen molar-refractivity contribution in [2.75, 3.05) is 55.7 Å². The summed E-state index contributed by atoms with van der Waals surface area (Å²) in [6, 6.07) is 6.37. The van der Waals surface area contributed by atoms with Crippen molar-refractivity contribution in [2.45, 2.75) is 39.2 Å². The van der Waals surface area contributed by atoms with Crippen LogP contribution in [0.15, 0.2) is 18.2 Å². The summed E-state index contributed by atoms with van der Waals surface area (Å²) in [7, 11) is -2.57. The zero-order chi connectivity index (χ0) is 25.2. The Morgan fingerprint density at radius 3 is 2.50 bits per heavy atom. The minimum absolute atomic E-state index is 0.0485. The monoisotopic (exact) mass is 510 g/mol. The number of anilines is 1. The van der Waals surface area contributed by atoms with Crippen molar-refractivity contribution in [1.29, 1.82) is 4.78 Å². The second-order valence-electron chi connectivity index (χ2n) is 10.8. The SMILES string of the molecule is Cc1cccc(N2CCN(C(=O)Cn3nc(C(=O)N4CCS(=N)(=O)CC4)c4c3C[C@H]3C[C@@H]43)CC2)c1C. The highest BCUT2D eigenvalue weighted by atomic mass is 32.2. The standard InChI is InChI=1S/C26H34N6O3S/c1-17-4-3-5-21(18(17)2)29-6-8-30(9-7-29)23(33)16-32-22-15-19-14-20(19)24(22)25(28-32)26(34)31-10-12-36(27,35)13-11-31/h3-5,19-20,27H,6-16H2,1-2H3/t19-,20-/m1/s1. The van der Waals surface area contributed by atoms with Crippen LogP contribution in [0.1, 0.15) is 45.2 Å². The highest BCUT2D eigenvalue weighted by Crippen LogP contribution is 2.57. The van der Waals surface area contributed by atoms with E-state index in [2.05, 4.69) is 42.0 Å². The quantitative estimate of drug-likeness (QED) is 0.678. The highest BCUT2D eigenvalue weighted by molar-refractivity contribution is 7.92. The summed E-state index contributed by atoms with van der Waals surface area (Å²) >= 11 is 0. The van der Waals surface area contributed by atoms with Crippen LogP contribution in [0, 0.1) is 24.5 Å². The number of amides is 2. The van der Waals surface area contributed by atoms with Gasteiger partial charge in [0.25, 0.3) is 5.91 Å². The number of nitrogens with one attached hydrogen (secondary N) is 1. The zero-order valence-corrected chi connectivity index (χ0v) is 21.9. The second-order valence-corrected chi connectivity index (χ2v) is 13.2. The fourth-order valence-electron chi connectivity index (χ4n) is 6.06. The lowest BCUT2D eigenvalue weighted by Crippen LogP contribution is -2.50. The number of benzene rings is 1. The lowest BCUT2D eigenvalue weighted by atomic mass is 10.1. The molecule has 6 rings (SSSR count). The minimum Gasteiger partial charge on any atom is -0.368 e. The van der Waals surface area contributed by atoms with Gasteiger partial charge in [-0.2, -0.15) is 5.10 Å². The maximum atomic E-state index is 13.4. The molecule has 2 aromatic rings. The van der Waals surface area contributed by atoms with E-state index in [1.165, 1.54) is 16.8 Å². The minimum atomic E-state index is -2.57. The number of carbonyl (C=O) groups is 2. The van der Waals surface area contributed by atoms with E-state index in [0.717, 1.165) is 37.2 Å². The molecule has 10 heteroatoms. The second kappa shape index (κ2) is 8.61. The highest BCUT2D eigenvalue weighted by Gasteiger charge is 2.50. The van der Waals surface area contributed by atoms with Crippen molar-refractivity contribution < 1.29 is 13.8 Å². The Labute approximate surface area is 212 Å². The summed E-state index contributed by atoms with van der Waals surface area (Å²) in [4.78, 5) is 32.6. The van der Waals surface area contributed by atoms with E-state index >= 15 is 0 Å². The largest absolute Gasteiger partial charge is 0.368 e. The van der Waals surface area contributed by atoms with Gasteiger partial charge < -0.3 is 14.7 Å². The number of fused-ring (bicyclic) bond motifs is 3. The van der Waals surface area contributed by atoms with Crippen molar-refractivity contribution in [3.8, 4) is 0 Å². The van der Waals surface area contributed by atoms with Gasteiger partial charge in [-0.3, -0.25) is 19.1 Å². The molecule has 3 fully saturated rings. The van der Waals surface area contributed by atoms with Crippen molar-refractivity contribution in [1.82, 2.24) is 19.6 Å². The smallest absolute Gasteiger partial charge is 0.274 e. The third-order valence-electron chi connectivity index (χ3n) is 8.55. The van der Waals surface area contributed by atoms with Gasteiger partial charge in [-0.15, -0.1) is 0 Å². The van der Waals surface area contributed by atoms with Gasteiger partial charge in [0.05, 0.1) is 0 Å². The Morgan fingerprint density at radius 1 is 1.06 bits per heavy atom. The van der Waals surface area contributed by atoms with E-state index in [0.29, 0.717) is 43.7 Å². The molecule has 2 saturated heterocycles. The molecule has 2 atom stereocenters. The Morgan fingerprint density at radius 2 is 1.78 bits per heavy atom. The van der Waals surface area contributed by atoms with Gasteiger partial charge >= 0.3 is 0 Å². The van der Waals surface area contributed by atoms with Crippen LogP contribution in [0.3, 0.4) is 0 Å². The molecule has 1 aromatic heterocycles. The van der Waals surface area contributed by atoms with Crippen molar-refractivity contribution in [3.63, 3.8) is 0 Å². The van der Waals surface area contributed by atoms with E-state index in [-0.39, 0.29) is 29.9 Å². The number of nitrogens with zero attached hydrogens (tertiary/aromatic N) is 5. The fraction of sp³-hybridized carbons (Fsp3) is 0.577. The molecule has 0 spiro atoms. The summed E-state index contributed by atoms with van der Waals surface area (Å²) in [5.41, 5.74) is 6.37. The molecule has 9 nitrogen and oxygen atoms in total. The van der Waals surface area contributed by atoms with Crippen LogP contribution in [0.2, 0.25) is 0 Å². The van der Waals surface area contributed by atoms with Crippen molar-refractivity contribution in [3.05, 3.63) is 46.3 Å². The molecule has 0 radical (unpaired) electrons. The lowest BCUT2D eigenvalue weighted by Gasteiger charge is -2.37. The van der Waals surface area contributed by atoms with Crippen LogP contribution in [0.25, 0.3) is 0 Å². The maximum absolute atomic E-state index is 13.4. The van der Waals surface area contributed by atoms with Crippen LogP contribution in [0.5, 0.6) is 0 Å². The molecule has 1 saturated carbocycles. The molecular weight excluding hydrogens is 476 g/mol. The summed E-state index contributed by atoms with van der Waals surface area (Å²) in [6.45, 7) is 8.06. The number of hydrogen-bond donors (Lipinski definition) is 1. The van der Waals surface area contributed by atoms with Crippen LogP contribution in [-0.2, 0) is 27.5 Å². The van der Waals surface area contributed by atoms with Gasteiger partial charge in [0, 0.05) is 77.4 Å². The van der Waals surface area contributed by atoms with Gasteiger partial charge in [0.2, 0.25) is 5.91 Å². The van der Waals surface area contributed by atoms with E-state index in [4.69, 9.17) is 4.78 Å². The molecule has 3 heterocycles. The van der Waals surface area contributed by atoms with E-state index in [9.17, 15) is 13.8 Å². The summed E-state index contributed by atoms with van der Waals surface area (Å²) in [5.74, 6) is 1.31. The van der Waals surface area contributed by atoms with Crippen LogP contribution in [-0.4, -0.2) is 86.4 Å². The molecule has 36 heavy (non-hydrogen) atoms. The number of aryl methyl sites for hydroxylation is 1. The third kappa shape index (κ3) is 4.09. The summed E-state index contributed by atoms with van der Waals surface area (Å²) in [5, 5.41) is 4.69. The third-order valence-corrected chi connectivity index (χ3v) is 10.2. The molecule has 1 aromatic carbocycles. The van der Waals surface area contributed by atoms with Gasteiger partial charge in [0.1, 0.15) is 6.54 Å². The molecule has 192 valence electrons. The predicted octanol–water partition coefficient (Wildman–Crippen LogP) is 2.01. The predicted molar refractivity (Wildman–Crippen MR) is 138 cm³/mol. The maximum Gasteiger partial charge on any atom is 0.274 e. The number of hydrogen-bond acceptors (Lipinski definition) is 6. The van der Waals surface area contributed by atoms with Gasteiger partial charge in [-0.25, -0.2) is 4.21 Å². The van der Waals surface area contributed by atoms with E-state index in [1.807, 2.05) is 4.90 Å². The van der Waals surface area contributed by atoms with Crippen molar-refractivity contribution in [2.24, 2.45) is 5.92 Å². The number of aromatic nitrogens is 2. The Kier molecular flexibility index (Phi) is 5.62. The number of rotatable bonds is 4. The van der Waals surface area contributed by atoms with Crippen LogP contribution < -0.4 is 4.90 Å². The molecule has 1 N–H and O–H groups in total. The number of carbonyl (C=O) groups excluding carboxylic acids is 2. The first-order chi connectivity index (χ1) is 17.2. The molecule has 4 aliphatic rings. The molecule has 0 unspecified atom stereocenters. The fourth-order valence-corrected chi connectivity index (χ4v) is 7.30. The van der Waals surface area contributed by atoms with Gasteiger partial charge in [-0.1, -0.05) is 12.1 Å².